The van der Waals surface area contributed by atoms with Gasteiger partial charge in [0.15, 0.2) is 5.82 Å². The molecule has 2 heterocycles. The van der Waals surface area contributed by atoms with Gasteiger partial charge in [-0.15, -0.1) is 0 Å². The van der Waals surface area contributed by atoms with Gasteiger partial charge in [-0.05, 0) is 29.8 Å². The molecule has 4 rings (SSSR count). The summed E-state index contributed by atoms with van der Waals surface area (Å²) in [6.07, 6.45) is 0. The molecule has 0 aliphatic heterocycles. The molecule has 0 atom stereocenters. The number of benzene rings is 2. The van der Waals surface area contributed by atoms with E-state index in [0.29, 0.717) is 39.4 Å². The molecule has 1 N–H and O–H groups in total. The van der Waals surface area contributed by atoms with Crippen LogP contribution in [-0.2, 0) is 12.5 Å². The van der Waals surface area contributed by atoms with Gasteiger partial charge in [-0.2, -0.15) is 10.4 Å². The van der Waals surface area contributed by atoms with E-state index in [1.807, 2.05) is 20.8 Å². The fourth-order valence-corrected chi connectivity index (χ4v) is 3.79. The molecule has 2 aromatic carbocycles. The minimum Gasteiger partial charge on any atom is -1.00 e. The van der Waals surface area contributed by atoms with Crippen LogP contribution in [0.5, 0.6) is 0 Å². The van der Waals surface area contributed by atoms with Crippen LogP contribution in [0.4, 0.5) is 8.78 Å². The zero-order valence-corrected chi connectivity index (χ0v) is 20.6. The first-order valence-electron chi connectivity index (χ1n) is 9.23. The molecule has 2 aromatic heterocycles. The van der Waals surface area contributed by atoms with E-state index < -0.39 is 11.6 Å². The van der Waals surface area contributed by atoms with Gasteiger partial charge in [0.1, 0.15) is 34.5 Å². The van der Waals surface area contributed by atoms with E-state index in [4.69, 9.17) is 11.6 Å². The molecule has 0 fully saturated rings. The number of fused-ring (bicyclic) bond motifs is 1. The molecule has 9 heteroatoms. The monoisotopic (exact) mass is 449 g/mol. The Balaban J connectivity index is 0.00000181. The van der Waals surface area contributed by atoms with Crippen molar-refractivity contribution in [2.24, 2.45) is 7.05 Å². The van der Waals surface area contributed by atoms with Crippen LogP contribution < -0.4 is 29.6 Å². The Labute approximate surface area is 206 Å². The second-order valence-corrected chi connectivity index (χ2v) is 8.50. The van der Waals surface area contributed by atoms with E-state index in [1.165, 1.54) is 24.3 Å². The van der Waals surface area contributed by atoms with Gasteiger partial charge in [0, 0.05) is 12.5 Å². The molecule has 0 saturated carbocycles. The number of nitrogens with zero attached hydrogens (tertiary/aromatic N) is 4. The Morgan fingerprint density at radius 2 is 1.84 bits per heavy atom. The second-order valence-electron chi connectivity index (χ2n) is 8.09. The van der Waals surface area contributed by atoms with Gasteiger partial charge in [-0.1, -0.05) is 38.4 Å². The maximum Gasteiger partial charge on any atom is 1.00 e. The first-order valence-corrected chi connectivity index (χ1v) is 9.61. The molecule has 0 spiro atoms. The third-order valence-corrected chi connectivity index (χ3v) is 5.17. The van der Waals surface area contributed by atoms with Gasteiger partial charge in [0.05, 0.1) is 21.8 Å². The average molecular weight is 450 g/mol. The van der Waals surface area contributed by atoms with Crippen molar-refractivity contribution in [1.82, 2.24) is 19.7 Å². The standard InChI is InChI=1S/C22H18ClF2N5.Na.H/c1-22(2,3)20-12(10-26)19(30(4)29-20)21-27-16-9-11(8-13(23)18(16)28-21)17-14(24)6-5-7-15(17)25;;/h5-9H,1-4H3,(H,27,28);;/q;+1;-1. The van der Waals surface area contributed by atoms with E-state index in [9.17, 15) is 14.0 Å². The molecule has 0 saturated heterocycles. The van der Waals surface area contributed by atoms with Crippen LogP contribution in [-0.4, -0.2) is 19.7 Å². The Morgan fingerprint density at radius 1 is 1.19 bits per heavy atom. The molecule has 0 aliphatic rings. The first-order chi connectivity index (χ1) is 14.1. The maximum atomic E-state index is 14.2. The molecule has 0 radical (unpaired) electrons. The summed E-state index contributed by atoms with van der Waals surface area (Å²) in [5.41, 5.74) is 2.33. The number of rotatable bonds is 2. The fraction of sp³-hybridized carbons (Fsp3) is 0.227. The first kappa shape index (κ1) is 23.4. The zero-order chi connectivity index (χ0) is 21.8. The van der Waals surface area contributed by atoms with Gasteiger partial charge in [-0.25, -0.2) is 13.8 Å². The second kappa shape index (κ2) is 8.36. The van der Waals surface area contributed by atoms with Crippen molar-refractivity contribution in [2.45, 2.75) is 26.2 Å². The molecule has 0 amide bonds. The summed E-state index contributed by atoms with van der Waals surface area (Å²) in [6, 6.07) is 8.98. The Bertz CT molecular complexity index is 1330. The molecule has 0 unspecified atom stereocenters. The minimum absolute atomic E-state index is 0. The average Bonchev–Trinajstić information content (AvgIpc) is 3.22. The molecule has 4 aromatic rings. The Kier molecular flexibility index (Phi) is 6.32. The summed E-state index contributed by atoms with van der Waals surface area (Å²) < 4.78 is 30.1. The third kappa shape index (κ3) is 4.01. The fourth-order valence-electron chi connectivity index (χ4n) is 3.53. The number of hydrogen-bond donors (Lipinski definition) is 1. The number of halogens is 3. The molecule has 0 bridgehead atoms. The maximum absolute atomic E-state index is 14.2. The molecule has 5 nitrogen and oxygen atoms in total. The number of nitrogens with one attached hydrogen (secondary N) is 1. The van der Waals surface area contributed by atoms with Gasteiger partial charge < -0.3 is 6.41 Å². The van der Waals surface area contributed by atoms with E-state index in [0.717, 1.165) is 0 Å². The number of nitriles is 1. The van der Waals surface area contributed by atoms with Crippen molar-refractivity contribution in [3.63, 3.8) is 0 Å². The van der Waals surface area contributed by atoms with Crippen LogP contribution in [0.15, 0.2) is 30.3 Å². The largest absolute Gasteiger partial charge is 1.00 e. The van der Waals surface area contributed by atoms with Crippen molar-refractivity contribution in [3.8, 4) is 28.7 Å². The molecular formula is C22H19ClF2N5Na. The van der Waals surface area contributed by atoms with Crippen LogP contribution in [0.25, 0.3) is 33.7 Å². The smallest absolute Gasteiger partial charge is 1.00 e. The molecule has 0 aliphatic carbocycles. The van der Waals surface area contributed by atoms with Gasteiger partial charge >= 0.3 is 29.6 Å². The number of imidazole rings is 1. The number of aryl methyl sites for hydroxylation is 1. The number of hydrogen-bond acceptors (Lipinski definition) is 3. The Morgan fingerprint density at radius 3 is 2.42 bits per heavy atom. The molecule has 31 heavy (non-hydrogen) atoms. The van der Waals surface area contributed by atoms with E-state index in [2.05, 4.69) is 21.1 Å². The van der Waals surface area contributed by atoms with Crippen LogP contribution in [0.1, 0.15) is 33.5 Å². The normalized spacial score (nSPS) is 11.4. The summed E-state index contributed by atoms with van der Waals surface area (Å²) in [5, 5.41) is 14.5. The number of aromatic nitrogens is 4. The van der Waals surface area contributed by atoms with E-state index >= 15 is 0 Å². The summed E-state index contributed by atoms with van der Waals surface area (Å²) in [4.78, 5) is 7.67. The third-order valence-electron chi connectivity index (χ3n) is 4.89. The van der Waals surface area contributed by atoms with Crippen molar-refractivity contribution in [1.29, 1.82) is 5.26 Å². The zero-order valence-electron chi connectivity index (χ0n) is 18.8. The van der Waals surface area contributed by atoms with Crippen LogP contribution in [0.2, 0.25) is 5.02 Å². The van der Waals surface area contributed by atoms with Crippen molar-refractivity contribution < 1.29 is 39.8 Å². The van der Waals surface area contributed by atoms with Gasteiger partial charge in [0.2, 0.25) is 0 Å². The van der Waals surface area contributed by atoms with Crippen molar-refractivity contribution in [2.75, 3.05) is 0 Å². The predicted octanol–water partition coefficient (Wildman–Crippen LogP) is 2.85. The minimum atomic E-state index is -0.682. The molecule has 154 valence electrons. The van der Waals surface area contributed by atoms with Crippen molar-refractivity contribution in [3.05, 3.63) is 58.2 Å². The van der Waals surface area contributed by atoms with Gasteiger partial charge in [0.25, 0.3) is 0 Å². The molecular weight excluding hydrogens is 431 g/mol. The van der Waals surface area contributed by atoms with Crippen LogP contribution in [0.3, 0.4) is 0 Å². The predicted molar refractivity (Wildman–Crippen MR) is 113 cm³/mol. The quantitative estimate of drug-likeness (QED) is 0.478. The summed E-state index contributed by atoms with van der Waals surface area (Å²) >= 11 is 6.39. The SMILES string of the molecule is Cn1nc(C(C)(C)C)c(C#N)c1-c1nc2c(Cl)cc(-c3c(F)cccc3F)cc2[nH]1.[H-].[Na+]. The van der Waals surface area contributed by atoms with E-state index in [1.54, 1.807) is 17.8 Å². The number of aromatic amines is 1. The summed E-state index contributed by atoms with van der Waals surface area (Å²) in [6.45, 7) is 5.93. The topological polar surface area (TPSA) is 70.3 Å². The van der Waals surface area contributed by atoms with Gasteiger partial charge in [-0.3, -0.25) is 4.68 Å². The van der Waals surface area contributed by atoms with E-state index in [-0.39, 0.29) is 47.0 Å². The number of H-pyrrole nitrogens is 1. The summed E-state index contributed by atoms with van der Waals surface area (Å²) in [7, 11) is 1.74. The van der Waals surface area contributed by atoms with Crippen molar-refractivity contribution >= 4 is 22.6 Å². The van der Waals surface area contributed by atoms with Crippen LogP contribution in [0, 0.1) is 23.0 Å². The van der Waals surface area contributed by atoms with Crippen LogP contribution >= 0.6 is 11.6 Å². The Hall–Kier alpha value is -2.24. The summed E-state index contributed by atoms with van der Waals surface area (Å²) in [5.74, 6) is -0.961.